The largest absolute Gasteiger partial charge is 0.507 e. The number of hydrogen-bond donors (Lipinski definition) is 1. The minimum Gasteiger partial charge on any atom is -0.450 e. The molecule has 2 atom stereocenters. The highest BCUT2D eigenvalue weighted by molar-refractivity contribution is 5.59. The Balaban J connectivity index is 2.94. The second-order valence-corrected chi connectivity index (χ2v) is 6.82. The Labute approximate surface area is 168 Å². The van der Waals surface area contributed by atoms with Crippen molar-refractivity contribution in [3.8, 4) is 0 Å². The molecule has 0 amide bonds. The normalized spacial score (nSPS) is 20.2. The van der Waals surface area contributed by atoms with E-state index in [-0.39, 0.29) is 31.7 Å². The van der Waals surface area contributed by atoms with Gasteiger partial charge in [-0.05, 0) is 24.5 Å². The maximum Gasteiger partial charge on any atom is 0.507 e. The van der Waals surface area contributed by atoms with Crippen molar-refractivity contribution in [2.75, 3.05) is 0 Å². The van der Waals surface area contributed by atoms with Crippen LogP contribution < -0.4 is 0 Å². The zero-order valence-electron chi connectivity index (χ0n) is 15.3. The highest BCUT2D eigenvalue weighted by Gasteiger charge is 2.76. The van der Waals surface area contributed by atoms with Crippen LogP contribution in [0.3, 0.4) is 0 Å². The first-order valence-electron chi connectivity index (χ1n) is 8.61. The van der Waals surface area contributed by atoms with Crippen LogP contribution in [0.5, 0.6) is 0 Å². The van der Waals surface area contributed by atoms with Crippen LogP contribution in [0.2, 0.25) is 0 Å². The van der Waals surface area contributed by atoms with Crippen LogP contribution in [-0.2, 0) is 10.3 Å². The van der Waals surface area contributed by atoms with Crippen LogP contribution in [0, 0.1) is 20.2 Å². The maximum atomic E-state index is 13.8. The van der Waals surface area contributed by atoms with Crippen molar-refractivity contribution in [3.05, 3.63) is 49.6 Å². The summed E-state index contributed by atoms with van der Waals surface area (Å²) in [5, 5.41) is 31.2. The predicted molar refractivity (Wildman–Crippen MR) is 88.0 cm³/mol. The molecule has 31 heavy (non-hydrogen) atoms. The first-order chi connectivity index (χ1) is 14.1. The summed E-state index contributed by atoms with van der Waals surface area (Å²) in [6.45, 7) is 0. The molecule has 1 fully saturated rings. The van der Waals surface area contributed by atoms with Gasteiger partial charge < -0.3 is 9.84 Å². The molecule has 2 rings (SSSR count). The number of carbonyl (C=O) groups is 1. The lowest BCUT2D eigenvalue weighted by molar-refractivity contribution is -0.530. The third-order valence-electron chi connectivity index (χ3n) is 5.06. The monoisotopic (exact) mass is 460 g/mol. The van der Waals surface area contributed by atoms with Crippen LogP contribution in [-0.4, -0.2) is 39.5 Å². The van der Waals surface area contributed by atoms with E-state index in [0.29, 0.717) is 12.1 Å². The molecule has 0 radical (unpaired) electrons. The van der Waals surface area contributed by atoms with Gasteiger partial charge in [0.1, 0.15) is 0 Å². The van der Waals surface area contributed by atoms with Gasteiger partial charge in [0.15, 0.2) is 0 Å². The molecule has 2 unspecified atom stereocenters. The lowest BCUT2D eigenvalue weighted by atomic mass is 9.75. The van der Waals surface area contributed by atoms with Gasteiger partial charge in [0.25, 0.3) is 5.69 Å². The predicted octanol–water partition coefficient (Wildman–Crippen LogP) is 4.91. The van der Waals surface area contributed by atoms with Crippen molar-refractivity contribution in [3.63, 3.8) is 0 Å². The van der Waals surface area contributed by atoms with E-state index in [0.717, 1.165) is 0 Å². The molecular weight excluding hydrogens is 446 g/mol. The van der Waals surface area contributed by atoms with E-state index in [1.165, 1.54) is 0 Å². The van der Waals surface area contributed by atoms with Crippen molar-refractivity contribution in [1.82, 2.24) is 0 Å². The number of nitro benzene ring substituents is 1. The summed E-state index contributed by atoms with van der Waals surface area (Å²) in [4.78, 5) is 31.4. The number of non-ortho nitro benzene ring substituents is 1. The van der Waals surface area contributed by atoms with Gasteiger partial charge in [-0.3, -0.25) is 20.2 Å². The third kappa shape index (κ3) is 4.34. The van der Waals surface area contributed by atoms with Crippen molar-refractivity contribution in [1.29, 1.82) is 0 Å². The summed E-state index contributed by atoms with van der Waals surface area (Å²) in [5.74, 6) is -1.57. The van der Waals surface area contributed by atoms with E-state index in [4.69, 9.17) is 5.11 Å². The number of ether oxygens (including phenoxy) is 1. The Bertz CT molecular complexity index is 872. The van der Waals surface area contributed by atoms with Gasteiger partial charge in [0.2, 0.25) is 6.04 Å². The van der Waals surface area contributed by atoms with Crippen LogP contribution in [0.15, 0.2) is 18.2 Å². The quantitative estimate of drug-likeness (QED) is 0.286. The van der Waals surface area contributed by atoms with Gasteiger partial charge in [-0.25, -0.2) is 4.79 Å². The maximum absolute atomic E-state index is 13.8. The number of nitro groups is 2. The molecule has 0 heterocycles. The highest BCUT2D eigenvalue weighted by Crippen LogP contribution is 2.55. The lowest BCUT2D eigenvalue weighted by Gasteiger charge is -2.38. The average Bonchev–Trinajstić information content (AvgIpc) is 2.63. The van der Waals surface area contributed by atoms with E-state index < -0.39 is 62.7 Å². The molecule has 172 valence electrons. The van der Waals surface area contributed by atoms with Crippen molar-refractivity contribution in [2.24, 2.45) is 0 Å². The molecule has 0 aromatic heterocycles. The number of carboxylic acid groups (broad SMARTS) is 1. The zero-order valence-corrected chi connectivity index (χ0v) is 15.3. The van der Waals surface area contributed by atoms with Crippen molar-refractivity contribution >= 4 is 11.8 Å². The van der Waals surface area contributed by atoms with E-state index in [1.807, 2.05) is 0 Å². The molecule has 0 spiro atoms. The molecule has 1 N–H and O–H groups in total. The molecule has 0 bridgehead atoms. The highest BCUT2D eigenvalue weighted by atomic mass is 19.4. The topological polar surface area (TPSA) is 133 Å². The number of alkyl halides is 6. The molecule has 1 aromatic rings. The summed E-state index contributed by atoms with van der Waals surface area (Å²) < 4.78 is 86.2. The number of nitrogens with zero attached hydrogens (tertiary/aromatic N) is 2. The molecule has 0 saturated heterocycles. The van der Waals surface area contributed by atoms with E-state index >= 15 is 0 Å². The fourth-order valence-electron chi connectivity index (χ4n) is 3.79. The summed E-state index contributed by atoms with van der Waals surface area (Å²) in [6, 6.07) is -0.846. The summed E-state index contributed by atoms with van der Waals surface area (Å²) in [5.41, 5.74) is -9.12. The molecule has 1 aromatic carbocycles. The lowest BCUT2D eigenvalue weighted by Crippen LogP contribution is -2.57. The van der Waals surface area contributed by atoms with Crippen molar-refractivity contribution in [2.45, 2.75) is 55.6 Å². The Kier molecular flexibility index (Phi) is 6.38. The number of rotatable bonds is 5. The van der Waals surface area contributed by atoms with E-state index in [1.54, 1.807) is 0 Å². The van der Waals surface area contributed by atoms with Gasteiger partial charge >= 0.3 is 24.1 Å². The van der Waals surface area contributed by atoms with Crippen molar-refractivity contribution < 1.29 is 50.8 Å². The number of benzene rings is 1. The molecular formula is C16H14F6N2O7. The molecule has 9 nitrogen and oxygen atoms in total. The second-order valence-electron chi connectivity index (χ2n) is 6.82. The zero-order chi connectivity index (χ0) is 23.8. The Morgan fingerprint density at radius 1 is 1.03 bits per heavy atom. The summed E-state index contributed by atoms with van der Waals surface area (Å²) in [7, 11) is 0. The van der Waals surface area contributed by atoms with Gasteiger partial charge in [-0.15, -0.1) is 0 Å². The first kappa shape index (κ1) is 24.1. The van der Waals surface area contributed by atoms with Crippen LogP contribution in [0.25, 0.3) is 0 Å². The fraction of sp³-hybridized carbons (Fsp3) is 0.562. The smallest absolute Gasteiger partial charge is 0.450 e. The minimum atomic E-state index is -6.38. The molecule has 0 aliphatic heterocycles. The standard InChI is InChI=1S/C16H14F6N2O7/c17-15(18,19)14(16(20,21)22,31-13(25)26)11-6-5-8(23(27)28)7-10(11)9-3-1-2-4-12(9)24(29)30/h5-7,9,12H,1-4H2,(H,25,26). The van der Waals surface area contributed by atoms with Gasteiger partial charge in [-0.2, -0.15) is 26.3 Å². The van der Waals surface area contributed by atoms with Gasteiger partial charge in [0, 0.05) is 29.0 Å². The second kappa shape index (κ2) is 8.19. The van der Waals surface area contributed by atoms with Crippen LogP contribution >= 0.6 is 0 Å². The molecule has 1 aliphatic rings. The third-order valence-corrected chi connectivity index (χ3v) is 5.06. The SMILES string of the molecule is O=C(O)OC(c1ccc([N+](=O)[O-])cc1C1CCCCC1[N+](=O)[O-])(C(F)(F)F)C(F)(F)F. The average molecular weight is 460 g/mol. The fourth-order valence-corrected chi connectivity index (χ4v) is 3.79. The first-order valence-corrected chi connectivity index (χ1v) is 8.61. The molecule has 1 saturated carbocycles. The Morgan fingerprint density at radius 3 is 2.03 bits per heavy atom. The van der Waals surface area contributed by atoms with Gasteiger partial charge in [-0.1, -0.05) is 6.42 Å². The summed E-state index contributed by atoms with van der Waals surface area (Å²) in [6.07, 6.45) is -15.6. The Morgan fingerprint density at radius 2 is 1.58 bits per heavy atom. The Hall–Kier alpha value is -3.13. The van der Waals surface area contributed by atoms with E-state index in [9.17, 15) is 51.4 Å². The number of hydrogen-bond acceptors (Lipinski definition) is 6. The van der Waals surface area contributed by atoms with Crippen LogP contribution in [0.1, 0.15) is 42.7 Å². The molecule has 15 heteroatoms. The minimum absolute atomic E-state index is 0.0863. The van der Waals surface area contributed by atoms with Gasteiger partial charge in [0.05, 0.1) is 10.8 Å². The number of halogens is 6. The molecule has 1 aliphatic carbocycles. The van der Waals surface area contributed by atoms with Crippen LogP contribution in [0.4, 0.5) is 36.8 Å². The van der Waals surface area contributed by atoms with E-state index in [2.05, 4.69) is 4.74 Å². The summed E-state index contributed by atoms with van der Waals surface area (Å²) >= 11 is 0.